The minimum absolute atomic E-state index is 0.193. The third kappa shape index (κ3) is 3.35. The number of rotatable bonds is 5. The summed E-state index contributed by atoms with van der Waals surface area (Å²) in [6, 6.07) is 0.473. The average Bonchev–Trinajstić information content (AvgIpc) is 3.02. The van der Waals surface area contributed by atoms with Crippen molar-refractivity contribution < 1.29 is 19.4 Å². The van der Waals surface area contributed by atoms with Crippen molar-refractivity contribution >= 4 is 6.09 Å². The number of carbonyl (C=O) groups is 1. The molecule has 2 bridgehead atoms. The monoisotopic (exact) mass is 326 g/mol. The number of hydrogen-bond acceptors (Lipinski definition) is 5. The summed E-state index contributed by atoms with van der Waals surface area (Å²) in [5, 5.41) is 13.4. The van der Waals surface area contributed by atoms with Crippen LogP contribution in [-0.4, -0.2) is 66.7 Å². The molecule has 6 nitrogen and oxygen atoms in total. The fourth-order valence-corrected chi connectivity index (χ4v) is 4.80. The van der Waals surface area contributed by atoms with Gasteiger partial charge in [0.25, 0.3) is 0 Å². The van der Waals surface area contributed by atoms with Gasteiger partial charge in [-0.15, -0.1) is 0 Å². The minimum Gasteiger partial charge on any atom is -0.444 e. The molecule has 0 spiro atoms. The van der Waals surface area contributed by atoms with Crippen molar-refractivity contribution in [2.75, 3.05) is 26.8 Å². The Kier molecular flexibility index (Phi) is 4.60. The number of methoxy groups -OCH3 is 1. The maximum Gasteiger partial charge on any atom is 0.410 e. The first-order chi connectivity index (χ1) is 10.8. The van der Waals surface area contributed by atoms with Crippen molar-refractivity contribution in [1.29, 1.82) is 0 Å². The lowest BCUT2D eigenvalue weighted by Crippen LogP contribution is -2.53. The van der Waals surface area contributed by atoms with Gasteiger partial charge in [-0.1, -0.05) is 0 Å². The first kappa shape index (κ1) is 17.0. The topological polar surface area (TPSA) is 71.0 Å². The lowest BCUT2D eigenvalue weighted by atomic mass is 9.86. The van der Waals surface area contributed by atoms with Gasteiger partial charge in [0.1, 0.15) is 5.60 Å². The van der Waals surface area contributed by atoms with E-state index < -0.39 is 11.7 Å². The van der Waals surface area contributed by atoms with Crippen LogP contribution in [-0.2, 0) is 9.47 Å². The standard InChI is InChI=1S/C17H30N2O4/c1-17(2,3)23-16(21)19-8-11-5-10-6-13(11)15(19)14(10)18-7-12(20)9-22-4/h10-15,18,20H,5-9H2,1-4H3. The molecular weight excluding hydrogens is 296 g/mol. The van der Waals surface area contributed by atoms with Crippen molar-refractivity contribution in [2.45, 2.75) is 57.4 Å². The van der Waals surface area contributed by atoms with Gasteiger partial charge in [0.2, 0.25) is 0 Å². The number of ether oxygens (including phenoxy) is 2. The molecule has 0 aromatic carbocycles. The molecule has 23 heavy (non-hydrogen) atoms. The van der Waals surface area contributed by atoms with E-state index in [1.54, 1.807) is 7.11 Å². The van der Waals surface area contributed by atoms with E-state index in [-0.39, 0.29) is 18.2 Å². The van der Waals surface area contributed by atoms with Crippen molar-refractivity contribution in [3.05, 3.63) is 0 Å². The van der Waals surface area contributed by atoms with Crippen LogP contribution in [0.4, 0.5) is 4.79 Å². The normalized spacial score (nSPS) is 36.6. The van der Waals surface area contributed by atoms with Crippen LogP contribution in [0.25, 0.3) is 0 Å². The van der Waals surface area contributed by atoms with Crippen molar-refractivity contribution in [2.24, 2.45) is 17.8 Å². The summed E-state index contributed by atoms with van der Waals surface area (Å²) < 4.78 is 10.6. The van der Waals surface area contributed by atoms with Gasteiger partial charge in [0.05, 0.1) is 18.8 Å². The lowest BCUT2D eigenvalue weighted by Gasteiger charge is -2.34. The van der Waals surface area contributed by atoms with Gasteiger partial charge in [-0.2, -0.15) is 0 Å². The van der Waals surface area contributed by atoms with Crippen LogP contribution >= 0.6 is 0 Å². The van der Waals surface area contributed by atoms with Crippen LogP contribution in [0.2, 0.25) is 0 Å². The van der Waals surface area contributed by atoms with Crippen LogP contribution in [0.5, 0.6) is 0 Å². The van der Waals surface area contributed by atoms with Gasteiger partial charge in [-0.05, 0) is 51.4 Å². The van der Waals surface area contributed by atoms with Gasteiger partial charge in [0, 0.05) is 26.2 Å². The zero-order chi connectivity index (χ0) is 16.8. The Hall–Kier alpha value is -0.850. The van der Waals surface area contributed by atoms with Crippen LogP contribution in [0.3, 0.4) is 0 Å². The van der Waals surface area contributed by atoms with E-state index >= 15 is 0 Å². The number of carbonyl (C=O) groups excluding carboxylic acids is 1. The Morgan fingerprint density at radius 3 is 2.74 bits per heavy atom. The maximum absolute atomic E-state index is 12.6. The Morgan fingerprint density at radius 2 is 2.09 bits per heavy atom. The average molecular weight is 326 g/mol. The summed E-state index contributed by atoms with van der Waals surface area (Å²) >= 11 is 0. The molecule has 132 valence electrons. The molecule has 6 atom stereocenters. The molecular formula is C17H30N2O4. The second kappa shape index (κ2) is 6.22. The molecule has 3 fully saturated rings. The highest BCUT2D eigenvalue weighted by Gasteiger charge is 2.60. The Labute approximate surface area is 138 Å². The molecule has 1 amide bonds. The molecule has 2 saturated carbocycles. The molecule has 1 heterocycles. The first-order valence-corrected chi connectivity index (χ1v) is 8.70. The summed E-state index contributed by atoms with van der Waals surface area (Å²) in [6.45, 7) is 7.37. The molecule has 1 aliphatic heterocycles. The molecule has 2 N–H and O–H groups in total. The molecule has 0 radical (unpaired) electrons. The van der Waals surface area contributed by atoms with E-state index in [4.69, 9.17) is 9.47 Å². The summed E-state index contributed by atoms with van der Waals surface area (Å²) in [6.07, 6.45) is 1.67. The first-order valence-electron chi connectivity index (χ1n) is 8.70. The van der Waals surface area contributed by atoms with Gasteiger partial charge in [0.15, 0.2) is 0 Å². The Morgan fingerprint density at radius 1 is 1.35 bits per heavy atom. The van der Waals surface area contributed by atoms with Gasteiger partial charge in [-0.3, -0.25) is 0 Å². The van der Waals surface area contributed by atoms with Crippen LogP contribution in [0, 0.1) is 17.8 Å². The number of aliphatic hydroxyl groups excluding tert-OH is 1. The SMILES string of the molecule is COCC(O)CNC1C2CC3CN(C(=O)OC(C)(C)C)C1C3C2. The highest BCUT2D eigenvalue weighted by Crippen LogP contribution is 2.55. The number of hydrogen-bond donors (Lipinski definition) is 2. The van der Waals surface area contributed by atoms with Gasteiger partial charge < -0.3 is 24.8 Å². The van der Waals surface area contributed by atoms with Crippen LogP contribution in [0.1, 0.15) is 33.6 Å². The van der Waals surface area contributed by atoms with E-state index in [2.05, 4.69) is 5.32 Å². The number of aliphatic hydroxyl groups is 1. The predicted molar refractivity (Wildman–Crippen MR) is 86.1 cm³/mol. The largest absolute Gasteiger partial charge is 0.444 e. The van der Waals surface area contributed by atoms with E-state index in [1.807, 2.05) is 25.7 Å². The van der Waals surface area contributed by atoms with Crippen molar-refractivity contribution in [1.82, 2.24) is 10.2 Å². The van der Waals surface area contributed by atoms with E-state index in [0.717, 1.165) is 6.54 Å². The van der Waals surface area contributed by atoms with Crippen molar-refractivity contribution in [3.8, 4) is 0 Å². The second-order valence-corrected chi connectivity index (χ2v) is 8.32. The highest BCUT2D eigenvalue weighted by atomic mass is 16.6. The molecule has 6 heteroatoms. The number of nitrogens with zero attached hydrogens (tertiary/aromatic N) is 1. The van der Waals surface area contributed by atoms with E-state index in [9.17, 15) is 9.90 Å². The van der Waals surface area contributed by atoms with E-state index in [0.29, 0.717) is 30.9 Å². The van der Waals surface area contributed by atoms with Crippen LogP contribution < -0.4 is 5.32 Å². The zero-order valence-corrected chi connectivity index (χ0v) is 14.6. The molecule has 3 rings (SSSR count). The molecule has 6 unspecified atom stereocenters. The van der Waals surface area contributed by atoms with Gasteiger partial charge in [-0.25, -0.2) is 4.79 Å². The molecule has 2 aliphatic carbocycles. The Balaban J connectivity index is 1.65. The smallest absolute Gasteiger partial charge is 0.410 e. The van der Waals surface area contributed by atoms with E-state index in [1.165, 1.54) is 12.8 Å². The summed E-state index contributed by atoms with van der Waals surface area (Å²) in [5.74, 6) is 1.82. The molecule has 1 saturated heterocycles. The number of nitrogens with one attached hydrogen (secondary N) is 1. The fourth-order valence-electron chi connectivity index (χ4n) is 4.80. The Bertz CT molecular complexity index is 448. The highest BCUT2D eigenvalue weighted by molar-refractivity contribution is 5.69. The number of amides is 1. The summed E-state index contributed by atoms with van der Waals surface area (Å²) in [7, 11) is 1.59. The molecule has 0 aromatic rings. The van der Waals surface area contributed by atoms with Crippen molar-refractivity contribution in [3.63, 3.8) is 0 Å². The lowest BCUT2D eigenvalue weighted by molar-refractivity contribution is 0.0181. The second-order valence-electron chi connectivity index (χ2n) is 8.32. The number of likely N-dealkylation sites (tertiary alicyclic amines) is 1. The summed E-state index contributed by atoms with van der Waals surface area (Å²) in [5.41, 5.74) is -0.464. The third-order valence-corrected chi connectivity index (χ3v) is 5.47. The van der Waals surface area contributed by atoms with Crippen LogP contribution in [0.15, 0.2) is 0 Å². The maximum atomic E-state index is 12.6. The minimum atomic E-state index is -0.508. The molecule has 3 aliphatic rings. The fraction of sp³-hybridized carbons (Fsp3) is 0.941. The number of fused-ring (bicyclic) bond motifs is 1. The predicted octanol–water partition coefficient (Wildman–Crippen LogP) is 1.23. The van der Waals surface area contributed by atoms with Gasteiger partial charge >= 0.3 is 6.09 Å². The summed E-state index contributed by atoms with van der Waals surface area (Å²) in [4.78, 5) is 14.5. The zero-order valence-electron chi connectivity index (χ0n) is 14.6. The third-order valence-electron chi connectivity index (χ3n) is 5.47. The quantitative estimate of drug-likeness (QED) is 0.795. The molecule has 0 aromatic heterocycles.